The minimum absolute atomic E-state index is 0.0426. The van der Waals surface area contributed by atoms with Gasteiger partial charge in [0.15, 0.2) is 5.65 Å². The molecule has 0 radical (unpaired) electrons. The van der Waals surface area contributed by atoms with Crippen molar-refractivity contribution in [2.45, 2.75) is 18.9 Å². The van der Waals surface area contributed by atoms with Crippen molar-refractivity contribution in [3.8, 4) is 0 Å². The highest BCUT2D eigenvalue weighted by Gasteiger charge is 2.38. The maximum Gasteiger partial charge on any atom is 0.254 e. The summed E-state index contributed by atoms with van der Waals surface area (Å²) in [6, 6.07) is 5.51. The third-order valence-corrected chi connectivity index (χ3v) is 5.25. The first-order valence-corrected chi connectivity index (χ1v) is 8.78. The average Bonchev–Trinajstić information content (AvgIpc) is 2.97. The standard InChI is InChI=1S/C17H18N8O/c26-16(13-4-7-25-15(8-13)20-21-22-25)24-10-12-2-3-14(24)11-23(9-12)17-18-5-1-6-19-17/h1,4-8,12,14H,2-3,9-11H2. The molecule has 2 unspecified atom stereocenters. The molecular weight excluding hydrogens is 332 g/mol. The molecule has 0 aromatic carbocycles. The molecule has 9 nitrogen and oxygen atoms in total. The Kier molecular flexibility index (Phi) is 3.51. The number of rotatable bonds is 2. The van der Waals surface area contributed by atoms with E-state index >= 15 is 0 Å². The number of carbonyl (C=O) groups excluding carboxylic acids is 1. The van der Waals surface area contributed by atoms with E-state index in [2.05, 4.69) is 30.4 Å². The summed E-state index contributed by atoms with van der Waals surface area (Å²) < 4.78 is 1.56. The monoisotopic (exact) mass is 350 g/mol. The second-order valence-corrected chi connectivity index (χ2v) is 6.91. The molecule has 3 saturated heterocycles. The predicted molar refractivity (Wildman–Crippen MR) is 92.6 cm³/mol. The van der Waals surface area contributed by atoms with Gasteiger partial charge in [-0.2, -0.15) is 0 Å². The van der Waals surface area contributed by atoms with Crippen molar-refractivity contribution in [1.29, 1.82) is 0 Å². The highest BCUT2D eigenvalue weighted by atomic mass is 16.2. The van der Waals surface area contributed by atoms with Gasteiger partial charge in [-0.25, -0.2) is 14.5 Å². The third-order valence-electron chi connectivity index (χ3n) is 5.25. The molecule has 0 N–H and O–H groups in total. The summed E-state index contributed by atoms with van der Waals surface area (Å²) in [5.74, 6) is 1.22. The number of amides is 1. The Morgan fingerprint density at radius 2 is 2.00 bits per heavy atom. The summed E-state index contributed by atoms with van der Waals surface area (Å²) in [7, 11) is 0. The van der Waals surface area contributed by atoms with Crippen molar-refractivity contribution in [1.82, 2.24) is 34.9 Å². The van der Waals surface area contributed by atoms with Gasteiger partial charge in [-0.3, -0.25) is 4.79 Å². The van der Waals surface area contributed by atoms with Crippen LogP contribution in [0.3, 0.4) is 0 Å². The van der Waals surface area contributed by atoms with Gasteiger partial charge in [0.25, 0.3) is 5.91 Å². The molecule has 2 bridgehead atoms. The number of fused-ring (bicyclic) bond motifs is 5. The van der Waals surface area contributed by atoms with Crippen LogP contribution in [0.4, 0.5) is 5.95 Å². The van der Waals surface area contributed by atoms with Crippen LogP contribution in [0, 0.1) is 5.92 Å². The van der Waals surface area contributed by atoms with E-state index in [0.29, 0.717) is 17.1 Å². The lowest BCUT2D eigenvalue weighted by Crippen LogP contribution is -2.47. The van der Waals surface area contributed by atoms with Gasteiger partial charge in [-0.1, -0.05) is 0 Å². The van der Waals surface area contributed by atoms with Crippen molar-refractivity contribution >= 4 is 17.5 Å². The molecule has 3 aromatic rings. The Hall–Kier alpha value is -3.10. The third kappa shape index (κ3) is 2.56. The normalized spacial score (nSPS) is 22.6. The SMILES string of the molecule is O=C(c1ccn2nnnc2c1)N1CC2CCC1CN(c1ncccn1)C2. The fourth-order valence-electron chi connectivity index (χ4n) is 3.99. The number of carbonyl (C=O) groups is 1. The first kappa shape index (κ1) is 15.2. The zero-order valence-electron chi connectivity index (χ0n) is 14.1. The van der Waals surface area contributed by atoms with E-state index < -0.39 is 0 Å². The van der Waals surface area contributed by atoms with Crippen LogP contribution < -0.4 is 4.90 Å². The van der Waals surface area contributed by atoms with E-state index in [0.717, 1.165) is 38.4 Å². The number of hydrogen-bond donors (Lipinski definition) is 0. The largest absolute Gasteiger partial charge is 0.338 e. The minimum Gasteiger partial charge on any atom is -0.338 e. The number of anilines is 1. The molecule has 3 aromatic heterocycles. The van der Waals surface area contributed by atoms with E-state index in [1.165, 1.54) is 0 Å². The number of pyridine rings is 1. The maximum absolute atomic E-state index is 13.1. The topological polar surface area (TPSA) is 92.4 Å². The van der Waals surface area contributed by atoms with Crippen LogP contribution >= 0.6 is 0 Å². The van der Waals surface area contributed by atoms with Gasteiger partial charge in [0.05, 0.1) is 0 Å². The molecule has 0 spiro atoms. The second-order valence-electron chi connectivity index (χ2n) is 6.91. The van der Waals surface area contributed by atoms with Crippen LogP contribution in [-0.4, -0.2) is 66.5 Å². The number of aromatic nitrogens is 6. The molecule has 9 heteroatoms. The lowest BCUT2D eigenvalue weighted by Gasteiger charge is -2.36. The molecule has 3 aliphatic rings. The van der Waals surface area contributed by atoms with Gasteiger partial charge in [0.2, 0.25) is 5.95 Å². The summed E-state index contributed by atoms with van der Waals surface area (Å²) in [6.45, 7) is 2.42. The molecule has 26 heavy (non-hydrogen) atoms. The van der Waals surface area contributed by atoms with Gasteiger partial charge in [0, 0.05) is 49.8 Å². The highest BCUT2D eigenvalue weighted by molar-refractivity contribution is 5.95. The van der Waals surface area contributed by atoms with Crippen molar-refractivity contribution in [2.24, 2.45) is 5.92 Å². The summed E-state index contributed by atoms with van der Waals surface area (Å²) in [6.07, 6.45) is 7.39. The van der Waals surface area contributed by atoms with Crippen LogP contribution in [0.5, 0.6) is 0 Å². The zero-order chi connectivity index (χ0) is 17.5. The van der Waals surface area contributed by atoms with Crippen LogP contribution in [0.15, 0.2) is 36.8 Å². The van der Waals surface area contributed by atoms with Crippen LogP contribution in [0.2, 0.25) is 0 Å². The van der Waals surface area contributed by atoms with Crippen molar-refractivity contribution in [3.63, 3.8) is 0 Å². The Balaban J connectivity index is 1.42. The van der Waals surface area contributed by atoms with E-state index in [-0.39, 0.29) is 11.9 Å². The summed E-state index contributed by atoms with van der Waals surface area (Å²) in [5, 5.41) is 11.4. The molecule has 6 heterocycles. The Morgan fingerprint density at radius 3 is 2.88 bits per heavy atom. The molecule has 6 rings (SSSR count). The number of hydrogen-bond acceptors (Lipinski definition) is 7. The molecule has 3 aliphatic heterocycles. The van der Waals surface area contributed by atoms with Gasteiger partial charge < -0.3 is 9.80 Å². The Morgan fingerprint density at radius 1 is 1.12 bits per heavy atom. The molecule has 1 amide bonds. The van der Waals surface area contributed by atoms with Gasteiger partial charge >= 0.3 is 0 Å². The molecule has 0 aliphatic carbocycles. The minimum atomic E-state index is 0.0426. The highest BCUT2D eigenvalue weighted by Crippen LogP contribution is 2.30. The fraction of sp³-hybridized carbons (Fsp3) is 0.412. The average molecular weight is 350 g/mol. The number of piperidine rings is 1. The van der Waals surface area contributed by atoms with Gasteiger partial charge in [-0.05, 0) is 47.4 Å². The fourth-order valence-corrected chi connectivity index (χ4v) is 3.99. The quantitative estimate of drug-likeness (QED) is 0.670. The van der Waals surface area contributed by atoms with Gasteiger partial charge in [-0.15, -0.1) is 5.10 Å². The Bertz CT molecular complexity index is 942. The van der Waals surface area contributed by atoms with E-state index in [1.807, 2.05) is 11.0 Å². The maximum atomic E-state index is 13.1. The first-order chi connectivity index (χ1) is 12.8. The summed E-state index contributed by atoms with van der Waals surface area (Å²) >= 11 is 0. The van der Waals surface area contributed by atoms with Crippen molar-refractivity contribution in [2.75, 3.05) is 24.5 Å². The molecule has 132 valence electrons. The van der Waals surface area contributed by atoms with Crippen LogP contribution in [0.1, 0.15) is 23.2 Å². The van der Waals surface area contributed by atoms with Crippen molar-refractivity contribution in [3.05, 3.63) is 42.4 Å². The van der Waals surface area contributed by atoms with Crippen molar-refractivity contribution < 1.29 is 4.79 Å². The smallest absolute Gasteiger partial charge is 0.254 e. The molecular formula is C17H18N8O. The van der Waals surface area contributed by atoms with E-state index in [1.54, 1.807) is 35.2 Å². The van der Waals surface area contributed by atoms with Crippen LogP contribution in [0.25, 0.3) is 5.65 Å². The number of nitrogens with zero attached hydrogens (tertiary/aromatic N) is 8. The lowest BCUT2D eigenvalue weighted by molar-refractivity contribution is 0.0592. The Labute approximate surface area is 149 Å². The van der Waals surface area contributed by atoms with E-state index in [4.69, 9.17) is 0 Å². The number of tetrazole rings is 1. The zero-order valence-corrected chi connectivity index (χ0v) is 14.1. The van der Waals surface area contributed by atoms with Gasteiger partial charge in [0.1, 0.15) is 0 Å². The molecule has 2 atom stereocenters. The molecule has 3 fully saturated rings. The lowest BCUT2D eigenvalue weighted by atomic mass is 9.94. The molecule has 0 saturated carbocycles. The first-order valence-electron chi connectivity index (χ1n) is 8.78. The second kappa shape index (κ2) is 6.01. The summed E-state index contributed by atoms with van der Waals surface area (Å²) in [5.41, 5.74) is 1.21. The van der Waals surface area contributed by atoms with Crippen LogP contribution in [-0.2, 0) is 0 Å². The van der Waals surface area contributed by atoms with E-state index in [9.17, 15) is 4.79 Å². The summed E-state index contributed by atoms with van der Waals surface area (Å²) in [4.78, 5) is 26.1. The predicted octanol–water partition coefficient (Wildman–Crippen LogP) is 0.655.